The predicted octanol–water partition coefficient (Wildman–Crippen LogP) is 3.33. The van der Waals surface area contributed by atoms with E-state index in [9.17, 15) is 17.6 Å². The van der Waals surface area contributed by atoms with Crippen LogP contribution in [0.1, 0.15) is 36.2 Å². The van der Waals surface area contributed by atoms with E-state index in [1.165, 1.54) is 12.3 Å². The quantitative estimate of drug-likeness (QED) is 0.572. The molecule has 1 aromatic heterocycles. The first-order valence-electron chi connectivity index (χ1n) is 10.4. The Hall–Kier alpha value is -2.54. The molecule has 1 aromatic carbocycles. The molecule has 9 nitrogen and oxygen atoms in total. The fourth-order valence-electron chi connectivity index (χ4n) is 3.27. The summed E-state index contributed by atoms with van der Waals surface area (Å²) in [6, 6.07) is 3.11. The molecule has 4 rings (SSSR count). The molecule has 0 spiro atoms. The first kappa shape index (κ1) is 24.6. The van der Waals surface area contributed by atoms with Crippen LogP contribution in [0, 0.1) is 5.82 Å². The average Bonchev–Trinajstić information content (AvgIpc) is 2.66. The second-order valence-corrected chi connectivity index (χ2v) is 10.3. The summed E-state index contributed by atoms with van der Waals surface area (Å²) < 4.78 is 73.6. The van der Waals surface area contributed by atoms with Crippen LogP contribution in [-0.4, -0.2) is 56.0 Å². The van der Waals surface area contributed by atoms with Gasteiger partial charge in [-0.3, -0.25) is 4.79 Å². The molecule has 2 aliphatic rings. The number of nitrogens with one attached hydrogen (secondary N) is 1. The summed E-state index contributed by atoms with van der Waals surface area (Å²) in [5, 5.41) is 0.127. The lowest BCUT2D eigenvalue weighted by Crippen LogP contribution is -2.50. The van der Waals surface area contributed by atoms with Gasteiger partial charge in [0, 0.05) is 30.8 Å². The maximum atomic E-state index is 15.3. The van der Waals surface area contributed by atoms with Gasteiger partial charge in [0.15, 0.2) is 5.67 Å². The highest BCUT2D eigenvalue weighted by Gasteiger charge is 2.44. The number of pyridine rings is 1. The molecular formula is C21H22ClF2N3O6S. The SMILES string of the molecule is CC(C)Oc1ncc(Oc2cc(F)c(C(=O)NS(=O)(=O)N3CCC3)cc2C2(F)COC2)cc1Cl. The van der Waals surface area contributed by atoms with Crippen LogP contribution in [0.3, 0.4) is 0 Å². The van der Waals surface area contributed by atoms with Gasteiger partial charge in [0.05, 0.1) is 31.1 Å². The zero-order chi connectivity index (χ0) is 24.7. The normalized spacial score (nSPS) is 17.6. The van der Waals surface area contributed by atoms with E-state index in [1.807, 2.05) is 4.72 Å². The van der Waals surface area contributed by atoms with Gasteiger partial charge >= 0.3 is 10.2 Å². The standard InChI is InChI=1S/C21H22ClF2N3O6S/c1-12(2)32-20-16(22)6-13(9-25-20)33-18-8-17(23)14(7-15(18)21(24)10-31-11-21)19(28)26-34(29,30)27-4-3-5-27/h6-9,12H,3-5,10-11H2,1-2H3,(H,26,28). The van der Waals surface area contributed by atoms with Gasteiger partial charge in [-0.05, 0) is 26.3 Å². The number of nitrogens with zero attached hydrogens (tertiary/aromatic N) is 2. The molecule has 2 fully saturated rings. The van der Waals surface area contributed by atoms with Crippen LogP contribution in [0.2, 0.25) is 5.02 Å². The number of benzene rings is 1. The highest BCUT2D eigenvalue weighted by Crippen LogP contribution is 2.42. The number of halogens is 3. The molecule has 184 valence electrons. The fourth-order valence-corrected chi connectivity index (χ4v) is 4.68. The van der Waals surface area contributed by atoms with Crippen LogP contribution in [0.4, 0.5) is 8.78 Å². The predicted molar refractivity (Wildman–Crippen MR) is 118 cm³/mol. The van der Waals surface area contributed by atoms with E-state index >= 15 is 4.39 Å². The molecule has 0 atom stereocenters. The summed E-state index contributed by atoms with van der Waals surface area (Å²) in [6.07, 6.45) is 1.76. The van der Waals surface area contributed by atoms with Crippen molar-refractivity contribution in [1.82, 2.24) is 14.0 Å². The third-order valence-corrected chi connectivity index (χ3v) is 6.95. The maximum Gasteiger partial charge on any atom is 0.304 e. The molecule has 2 saturated heterocycles. The van der Waals surface area contributed by atoms with Crippen molar-refractivity contribution in [1.29, 1.82) is 0 Å². The van der Waals surface area contributed by atoms with E-state index < -0.39 is 33.2 Å². The average molecular weight is 518 g/mol. The molecule has 0 radical (unpaired) electrons. The summed E-state index contributed by atoms with van der Waals surface area (Å²) in [4.78, 5) is 16.6. The second-order valence-electron chi connectivity index (χ2n) is 8.20. The molecule has 1 N–H and O–H groups in total. The molecule has 2 aliphatic heterocycles. The van der Waals surface area contributed by atoms with Gasteiger partial charge in [0.25, 0.3) is 5.91 Å². The minimum Gasteiger partial charge on any atom is -0.474 e. The van der Waals surface area contributed by atoms with E-state index in [2.05, 4.69) is 4.98 Å². The van der Waals surface area contributed by atoms with E-state index in [1.54, 1.807) is 13.8 Å². The highest BCUT2D eigenvalue weighted by atomic mass is 35.5. The van der Waals surface area contributed by atoms with E-state index in [0.29, 0.717) is 6.42 Å². The maximum absolute atomic E-state index is 15.3. The Morgan fingerprint density at radius 3 is 2.53 bits per heavy atom. The zero-order valence-corrected chi connectivity index (χ0v) is 19.9. The van der Waals surface area contributed by atoms with Gasteiger partial charge in [0.1, 0.15) is 22.3 Å². The van der Waals surface area contributed by atoms with Crippen molar-refractivity contribution in [2.75, 3.05) is 26.3 Å². The molecule has 0 saturated carbocycles. The molecule has 0 bridgehead atoms. The highest BCUT2D eigenvalue weighted by molar-refractivity contribution is 7.87. The minimum absolute atomic E-state index is 0.0724. The molecular weight excluding hydrogens is 496 g/mol. The Balaban J connectivity index is 1.65. The van der Waals surface area contributed by atoms with E-state index in [0.717, 1.165) is 16.4 Å². The Labute approximate surface area is 200 Å². The van der Waals surface area contributed by atoms with Crippen molar-refractivity contribution in [3.8, 4) is 17.4 Å². The lowest BCUT2D eigenvalue weighted by molar-refractivity contribution is -0.136. The molecule has 0 aliphatic carbocycles. The van der Waals surface area contributed by atoms with Gasteiger partial charge < -0.3 is 14.2 Å². The molecule has 34 heavy (non-hydrogen) atoms. The van der Waals surface area contributed by atoms with Gasteiger partial charge in [-0.2, -0.15) is 12.7 Å². The summed E-state index contributed by atoms with van der Waals surface area (Å²) in [6.45, 7) is 3.42. The third kappa shape index (κ3) is 4.95. The number of hydrogen-bond acceptors (Lipinski definition) is 7. The van der Waals surface area contributed by atoms with Crippen LogP contribution in [0.25, 0.3) is 0 Å². The Kier molecular flexibility index (Phi) is 6.69. The largest absolute Gasteiger partial charge is 0.474 e. The van der Waals surface area contributed by atoms with Crippen molar-refractivity contribution in [3.05, 3.63) is 46.4 Å². The Morgan fingerprint density at radius 2 is 2.00 bits per heavy atom. The number of carbonyl (C=O) groups is 1. The number of aromatic nitrogens is 1. The van der Waals surface area contributed by atoms with Crippen LogP contribution >= 0.6 is 11.6 Å². The molecule has 2 aromatic rings. The number of hydrogen-bond donors (Lipinski definition) is 1. The third-order valence-electron chi connectivity index (χ3n) is 5.19. The van der Waals surface area contributed by atoms with Gasteiger partial charge in [-0.1, -0.05) is 11.6 Å². The summed E-state index contributed by atoms with van der Waals surface area (Å²) in [5.74, 6) is -2.32. The molecule has 1 amide bonds. The summed E-state index contributed by atoms with van der Waals surface area (Å²) in [5.41, 5.74) is -2.88. The first-order chi connectivity index (χ1) is 16.0. The summed E-state index contributed by atoms with van der Waals surface area (Å²) >= 11 is 6.16. The number of alkyl halides is 1. The minimum atomic E-state index is -4.12. The summed E-state index contributed by atoms with van der Waals surface area (Å²) in [7, 11) is -4.12. The number of ether oxygens (including phenoxy) is 3. The van der Waals surface area contributed by atoms with Crippen LogP contribution in [0.5, 0.6) is 17.4 Å². The van der Waals surface area contributed by atoms with Crippen molar-refractivity contribution < 1.29 is 36.2 Å². The van der Waals surface area contributed by atoms with Gasteiger partial charge in [0.2, 0.25) is 5.88 Å². The number of carbonyl (C=O) groups excluding carboxylic acids is 1. The zero-order valence-electron chi connectivity index (χ0n) is 18.3. The van der Waals surface area contributed by atoms with E-state index in [-0.39, 0.29) is 60.4 Å². The van der Waals surface area contributed by atoms with Crippen LogP contribution in [-0.2, 0) is 20.6 Å². The lowest BCUT2D eigenvalue weighted by Gasteiger charge is -2.35. The fraction of sp³-hybridized carbons (Fsp3) is 0.429. The Morgan fingerprint density at radius 1 is 1.29 bits per heavy atom. The molecule has 13 heteroatoms. The van der Waals surface area contributed by atoms with Crippen LogP contribution in [0.15, 0.2) is 24.4 Å². The number of amides is 1. The Bertz CT molecular complexity index is 1220. The lowest BCUT2D eigenvalue weighted by atomic mass is 9.91. The smallest absolute Gasteiger partial charge is 0.304 e. The molecule has 0 unspecified atom stereocenters. The second kappa shape index (κ2) is 9.25. The van der Waals surface area contributed by atoms with E-state index in [4.69, 9.17) is 25.8 Å². The first-order valence-corrected chi connectivity index (χ1v) is 12.2. The van der Waals surface area contributed by atoms with Crippen molar-refractivity contribution >= 4 is 27.7 Å². The van der Waals surface area contributed by atoms with Crippen molar-refractivity contribution in [3.63, 3.8) is 0 Å². The number of rotatable bonds is 8. The monoisotopic (exact) mass is 517 g/mol. The van der Waals surface area contributed by atoms with Crippen molar-refractivity contribution in [2.45, 2.75) is 32.0 Å². The molecule has 3 heterocycles. The topological polar surface area (TPSA) is 107 Å². The van der Waals surface area contributed by atoms with Crippen molar-refractivity contribution in [2.24, 2.45) is 0 Å². The van der Waals surface area contributed by atoms with Gasteiger partial charge in [-0.15, -0.1) is 0 Å². The van der Waals surface area contributed by atoms with Crippen LogP contribution < -0.4 is 14.2 Å². The van der Waals surface area contributed by atoms with Gasteiger partial charge in [-0.25, -0.2) is 18.5 Å².